The summed E-state index contributed by atoms with van der Waals surface area (Å²) in [4.78, 5) is 30.8. The van der Waals surface area contributed by atoms with Crippen LogP contribution >= 0.6 is 0 Å². The molecule has 1 amide bonds. The molecule has 2 aliphatic heterocycles. The summed E-state index contributed by atoms with van der Waals surface area (Å²) < 4.78 is 17.6. The smallest absolute Gasteiger partial charge is 0.410 e. The third-order valence-corrected chi connectivity index (χ3v) is 8.38. The van der Waals surface area contributed by atoms with Crippen LogP contribution in [-0.2, 0) is 9.47 Å². The van der Waals surface area contributed by atoms with Crippen molar-refractivity contribution in [2.75, 3.05) is 47.1 Å². The summed E-state index contributed by atoms with van der Waals surface area (Å²) in [5.74, 6) is 0.733. The van der Waals surface area contributed by atoms with E-state index in [0.717, 1.165) is 12.3 Å². The van der Waals surface area contributed by atoms with Gasteiger partial charge in [-0.2, -0.15) is 0 Å². The Hall–Kier alpha value is -3.68. The molecule has 0 spiro atoms. The first-order chi connectivity index (χ1) is 19.5. The fraction of sp³-hybridized carbons (Fsp3) is 0.394. The number of carbonyl (C=O) groups is 2. The van der Waals surface area contributed by atoms with Crippen LogP contribution in [0.15, 0.2) is 72.8 Å². The van der Waals surface area contributed by atoms with E-state index in [1.807, 2.05) is 67.5 Å². The quantitative estimate of drug-likeness (QED) is 0.364. The topological polar surface area (TPSA) is 68.3 Å². The first kappa shape index (κ1) is 26.5. The van der Waals surface area contributed by atoms with Gasteiger partial charge < -0.3 is 19.1 Å². The van der Waals surface area contributed by atoms with Crippen molar-refractivity contribution in [3.63, 3.8) is 0 Å². The number of hydrogen-bond donors (Lipinski definition) is 0. The van der Waals surface area contributed by atoms with E-state index < -0.39 is 0 Å². The minimum absolute atomic E-state index is 0.0152. The maximum absolute atomic E-state index is 13.5. The molecule has 1 aliphatic carbocycles. The molecular weight excluding hydrogens is 504 g/mol. The summed E-state index contributed by atoms with van der Waals surface area (Å²) >= 11 is 0. The number of rotatable bonds is 8. The molecular formula is C33H36N2O5. The van der Waals surface area contributed by atoms with Gasteiger partial charge in [0.1, 0.15) is 19.0 Å². The molecule has 0 radical (unpaired) electrons. The molecule has 7 heteroatoms. The molecule has 0 aromatic heterocycles. The second-order valence-electron chi connectivity index (χ2n) is 11.3. The Bertz CT molecular complexity index is 1310. The SMILES string of the molecule is CN(C)CCOc1ccc(C(=O)C2CC3COCC(C2)N3C(=O)OCC2c3ccccc3-c3ccccc32)cc1. The van der Waals surface area contributed by atoms with Crippen molar-refractivity contribution in [1.29, 1.82) is 0 Å². The van der Waals surface area contributed by atoms with E-state index >= 15 is 0 Å². The number of nitrogens with zero attached hydrogens (tertiary/aromatic N) is 2. The molecule has 0 saturated carbocycles. The summed E-state index contributed by atoms with van der Waals surface area (Å²) in [5, 5.41) is 0. The second kappa shape index (κ2) is 11.4. The van der Waals surface area contributed by atoms with Gasteiger partial charge in [0.2, 0.25) is 0 Å². The van der Waals surface area contributed by atoms with Gasteiger partial charge in [0, 0.05) is 23.9 Å². The highest BCUT2D eigenvalue weighted by atomic mass is 16.6. The van der Waals surface area contributed by atoms with Gasteiger partial charge in [0.15, 0.2) is 5.78 Å². The lowest BCUT2D eigenvalue weighted by Crippen LogP contribution is -2.60. The summed E-state index contributed by atoms with van der Waals surface area (Å²) in [7, 11) is 4.01. The van der Waals surface area contributed by atoms with Crippen LogP contribution in [0, 0.1) is 5.92 Å². The molecule has 3 aromatic rings. The Morgan fingerprint density at radius 3 is 2.08 bits per heavy atom. The summed E-state index contributed by atoms with van der Waals surface area (Å²) in [5.41, 5.74) is 5.48. The van der Waals surface area contributed by atoms with E-state index in [1.165, 1.54) is 22.3 Å². The van der Waals surface area contributed by atoms with Gasteiger partial charge in [-0.05, 0) is 73.5 Å². The van der Waals surface area contributed by atoms with E-state index in [2.05, 4.69) is 29.2 Å². The molecule has 2 fully saturated rings. The predicted molar refractivity (Wildman–Crippen MR) is 153 cm³/mol. The Balaban J connectivity index is 1.09. The number of morpholine rings is 1. The average Bonchev–Trinajstić information content (AvgIpc) is 3.28. The monoisotopic (exact) mass is 540 g/mol. The van der Waals surface area contributed by atoms with E-state index in [9.17, 15) is 9.59 Å². The van der Waals surface area contributed by atoms with E-state index in [0.29, 0.717) is 38.2 Å². The molecule has 2 bridgehead atoms. The van der Waals surface area contributed by atoms with Crippen LogP contribution in [0.25, 0.3) is 11.1 Å². The maximum atomic E-state index is 13.5. The largest absolute Gasteiger partial charge is 0.492 e. The number of amides is 1. The van der Waals surface area contributed by atoms with E-state index in [4.69, 9.17) is 14.2 Å². The first-order valence-electron chi connectivity index (χ1n) is 14.1. The van der Waals surface area contributed by atoms with Crippen molar-refractivity contribution in [2.24, 2.45) is 5.92 Å². The molecule has 208 valence electrons. The third-order valence-electron chi connectivity index (χ3n) is 8.38. The Morgan fingerprint density at radius 2 is 1.48 bits per heavy atom. The Labute approximate surface area is 235 Å². The van der Waals surface area contributed by atoms with Gasteiger partial charge in [0.05, 0.1) is 25.3 Å². The van der Waals surface area contributed by atoms with Gasteiger partial charge in [0.25, 0.3) is 0 Å². The van der Waals surface area contributed by atoms with E-state index in [-0.39, 0.29) is 42.4 Å². The summed E-state index contributed by atoms with van der Waals surface area (Å²) in [6.45, 7) is 2.55. The molecule has 2 saturated heterocycles. The Kier molecular flexibility index (Phi) is 7.59. The van der Waals surface area contributed by atoms with Crippen LogP contribution in [0.3, 0.4) is 0 Å². The number of piperidine rings is 1. The van der Waals surface area contributed by atoms with Crippen LogP contribution in [0.1, 0.15) is 40.2 Å². The fourth-order valence-electron chi connectivity index (χ4n) is 6.39. The van der Waals surface area contributed by atoms with Crippen molar-refractivity contribution >= 4 is 11.9 Å². The maximum Gasteiger partial charge on any atom is 0.410 e. The highest BCUT2D eigenvalue weighted by Crippen LogP contribution is 2.44. The summed E-state index contributed by atoms with van der Waals surface area (Å²) in [6, 6.07) is 23.7. The van der Waals surface area contributed by atoms with Crippen molar-refractivity contribution in [2.45, 2.75) is 30.8 Å². The van der Waals surface area contributed by atoms with Crippen LogP contribution in [0.2, 0.25) is 0 Å². The minimum Gasteiger partial charge on any atom is -0.492 e. The number of carbonyl (C=O) groups excluding carboxylic acids is 2. The van der Waals surface area contributed by atoms with Gasteiger partial charge in [-0.3, -0.25) is 9.69 Å². The molecule has 2 atom stereocenters. The molecule has 7 nitrogen and oxygen atoms in total. The number of ketones is 1. The molecule has 0 N–H and O–H groups in total. The lowest BCUT2D eigenvalue weighted by atomic mass is 9.81. The van der Waals surface area contributed by atoms with Crippen molar-refractivity contribution in [3.05, 3.63) is 89.5 Å². The van der Waals surface area contributed by atoms with Gasteiger partial charge in [-0.1, -0.05) is 48.5 Å². The lowest BCUT2D eigenvalue weighted by molar-refractivity contribution is -0.0747. The molecule has 40 heavy (non-hydrogen) atoms. The van der Waals surface area contributed by atoms with Crippen LogP contribution in [-0.4, -0.2) is 80.8 Å². The van der Waals surface area contributed by atoms with E-state index in [1.54, 1.807) is 0 Å². The van der Waals surface area contributed by atoms with Gasteiger partial charge in [-0.15, -0.1) is 0 Å². The standard InChI is InChI=1S/C33H36N2O5/c1-34(2)15-16-39-26-13-11-22(12-14-26)32(36)23-17-24-19-38-20-25(18-23)35(24)33(37)40-21-31-29-9-5-3-7-27(29)28-8-4-6-10-30(28)31/h3-14,23-25,31H,15-21H2,1-2H3. The number of likely N-dealkylation sites (N-methyl/N-ethyl adjacent to an activating group) is 1. The fourth-order valence-corrected chi connectivity index (χ4v) is 6.39. The number of ether oxygens (including phenoxy) is 3. The van der Waals surface area contributed by atoms with Gasteiger partial charge in [-0.25, -0.2) is 4.79 Å². The van der Waals surface area contributed by atoms with Crippen molar-refractivity contribution in [1.82, 2.24) is 9.80 Å². The van der Waals surface area contributed by atoms with Crippen molar-refractivity contribution < 1.29 is 23.8 Å². The van der Waals surface area contributed by atoms with Crippen LogP contribution < -0.4 is 4.74 Å². The first-order valence-corrected chi connectivity index (χ1v) is 14.1. The minimum atomic E-state index is -0.315. The average molecular weight is 541 g/mol. The molecule has 3 aromatic carbocycles. The zero-order chi connectivity index (χ0) is 27.6. The number of benzene rings is 3. The van der Waals surface area contributed by atoms with Crippen molar-refractivity contribution in [3.8, 4) is 16.9 Å². The zero-order valence-corrected chi connectivity index (χ0v) is 23.1. The summed E-state index contributed by atoms with van der Waals surface area (Å²) in [6.07, 6.45) is 0.826. The molecule has 3 aliphatic rings. The highest BCUT2D eigenvalue weighted by Gasteiger charge is 2.45. The number of hydrogen-bond acceptors (Lipinski definition) is 6. The molecule has 2 unspecified atom stereocenters. The van der Waals surface area contributed by atoms with Gasteiger partial charge >= 0.3 is 6.09 Å². The predicted octanol–water partition coefficient (Wildman–Crippen LogP) is 5.24. The highest BCUT2D eigenvalue weighted by molar-refractivity contribution is 5.98. The number of fused-ring (bicyclic) bond motifs is 5. The Morgan fingerprint density at radius 1 is 0.875 bits per heavy atom. The molecule has 6 rings (SSSR count). The third kappa shape index (κ3) is 5.23. The molecule has 2 heterocycles. The second-order valence-corrected chi connectivity index (χ2v) is 11.3. The van der Waals surface area contributed by atoms with Crippen LogP contribution in [0.4, 0.5) is 4.79 Å². The zero-order valence-electron chi connectivity index (χ0n) is 23.1. The lowest BCUT2D eigenvalue weighted by Gasteiger charge is -2.47. The normalized spacial score (nSPS) is 21.6. The van der Waals surface area contributed by atoms with Crippen LogP contribution in [0.5, 0.6) is 5.75 Å². The number of Topliss-reactive ketones (excluding diaryl/α,β-unsaturated/α-hetero) is 1.